The first-order valence-electron chi connectivity index (χ1n) is 9.78. The largest absolute Gasteiger partial charge is 0.384 e. The molecule has 8 heteroatoms. The molecule has 5 rings (SSSR count). The van der Waals surface area contributed by atoms with Gasteiger partial charge in [0.05, 0.1) is 23.0 Å². The lowest BCUT2D eigenvalue weighted by Crippen LogP contribution is -2.17. The van der Waals surface area contributed by atoms with E-state index in [1.54, 1.807) is 4.68 Å². The van der Waals surface area contributed by atoms with Gasteiger partial charge in [-0.25, -0.2) is 0 Å². The fourth-order valence-electron chi connectivity index (χ4n) is 3.78. The van der Waals surface area contributed by atoms with Crippen LogP contribution in [0, 0.1) is 11.3 Å². The molecule has 2 aromatic carbocycles. The highest BCUT2D eigenvalue weighted by Crippen LogP contribution is 2.33. The van der Waals surface area contributed by atoms with E-state index in [0.717, 1.165) is 46.8 Å². The van der Waals surface area contributed by atoms with Gasteiger partial charge in [0.25, 0.3) is 0 Å². The van der Waals surface area contributed by atoms with E-state index in [1.807, 2.05) is 31.3 Å². The van der Waals surface area contributed by atoms with Crippen LogP contribution >= 0.6 is 0 Å². The van der Waals surface area contributed by atoms with Gasteiger partial charge >= 0.3 is 0 Å². The standard InChI is InChI=1S/C22H20N8/c1-24-8-9-25-19-6-7-20-18(10-19)14-29-13-17(16-4-2-15(12-23)3-5-16)11-21(29)22-26-27-28-30(20)22/h2-7,10-11,13,24-25H,8-9,14H2,1H3. The Balaban J connectivity index is 1.56. The van der Waals surface area contributed by atoms with Crippen LogP contribution in [0.15, 0.2) is 54.7 Å². The molecule has 30 heavy (non-hydrogen) atoms. The van der Waals surface area contributed by atoms with Gasteiger partial charge in [0.1, 0.15) is 0 Å². The quantitative estimate of drug-likeness (QED) is 0.444. The highest BCUT2D eigenvalue weighted by atomic mass is 15.5. The number of fused-ring (bicyclic) bond motifs is 5. The van der Waals surface area contributed by atoms with Crippen molar-refractivity contribution >= 4 is 5.69 Å². The second-order valence-corrected chi connectivity index (χ2v) is 7.22. The van der Waals surface area contributed by atoms with E-state index in [0.29, 0.717) is 17.9 Å². The molecule has 0 radical (unpaired) electrons. The van der Waals surface area contributed by atoms with Crippen molar-refractivity contribution in [1.29, 1.82) is 5.26 Å². The molecule has 3 heterocycles. The summed E-state index contributed by atoms with van der Waals surface area (Å²) in [6, 6.07) is 18.1. The van der Waals surface area contributed by atoms with Crippen LogP contribution in [0.4, 0.5) is 5.69 Å². The second kappa shape index (κ2) is 7.46. The molecule has 0 spiro atoms. The zero-order valence-electron chi connectivity index (χ0n) is 16.5. The van der Waals surface area contributed by atoms with Crippen molar-refractivity contribution in [3.63, 3.8) is 0 Å². The van der Waals surface area contributed by atoms with Crippen LogP contribution in [0.1, 0.15) is 11.1 Å². The van der Waals surface area contributed by atoms with Crippen molar-refractivity contribution in [1.82, 2.24) is 30.1 Å². The van der Waals surface area contributed by atoms with Gasteiger partial charge in [0.2, 0.25) is 5.82 Å². The van der Waals surface area contributed by atoms with Crippen molar-refractivity contribution in [2.24, 2.45) is 0 Å². The van der Waals surface area contributed by atoms with Gasteiger partial charge in [-0.1, -0.05) is 12.1 Å². The summed E-state index contributed by atoms with van der Waals surface area (Å²) in [5, 5.41) is 28.1. The maximum absolute atomic E-state index is 9.04. The predicted octanol–water partition coefficient (Wildman–Crippen LogP) is 2.66. The Morgan fingerprint density at radius 3 is 2.73 bits per heavy atom. The van der Waals surface area contributed by atoms with E-state index in [2.05, 4.69) is 67.3 Å². The minimum absolute atomic E-state index is 0.649. The number of benzene rings is 2. The van der Waals surface area contributed by atoms with Gasteiger partial charge in [0.15, 0.2) is 0 Å². The van der Waals surface area contributed by atoms with Crippen molar-refractivity contribution < 1.29 is 0 Å². The Morgan fingerprint density at radius 1 is 1.07 bits per heavy atom. The number of nitrogens with zero attached hydrogens (tertiary/aromatic N) is 6. The molecule has 2 N–H and O–H groups in total. The smallest absolute Gasteiger partial charge is 0.203 e. The Hall–Kier alpha value is -3.96. The van der Waals surface area contributed by atoms with Gasteiger partial charge in [0, 0.05) is 37.1 Å². The minimum atomic E-state index is 0.649. The Morgan fingerprint density at radius 2 is 1.93 bits per heavy atom. The number of anilines is 1. The van der Waals surface area contributed by atoms with E-state index < -0.39 is 0 Å². The third-order valence-electron chi connectivity index (χ3n) is 5.30. The first-order chi connectivity index (χ1) is 14.8. The maximum Gasteiger partial charge on any atom is 0.203 e. The van der Waals surface area contributed by atoms with Crippen LogP contribution in [0.5, 0.6) is 0 Å². The fourth-order valence-corrected chi connectivity index (χ4v) is 3.78. The van der Waals surface area contributed by atoms with Crippen LogP contribution in [0.3, 0.4) is 0 Å². The minimum Gasteiger partial charge on any atom is -0.384 e. The summed E-state index contributed by atoms with van der Waals surface area (Å²) >= 11 is 0. The first-order valence-corrected chi connectivity index (χ1v) is 9.78. The number of rotatable bonds is 5. The van der Waals surface area contributed by atoms with Gasteiger partial charge < -0.3 is 15.2 Å². The molecule has 1 aliphatic rings. The average molecular weight is 396 g/mol. The lowest BCUT2D eigenvalue weighted by molar-refractivity contribution is 0.777. The highest BCUT2D eigenvalue weighted by Gasteiger charge is 2.23. The van der Waals surface area contributed by atoms with E-state index in [4.69, 9.17) is 5.26 Å². The molecule has 0 aliphatic carbocycles. The molecular weight excluding hydrogens is 376 g/mol. The SMILES string of the molecule is CNCCNc1ccc2c(c1)Cn1cc(-c3ccc(C#N)cc3)cc1-c1nnnn1-2. The summed E-state index contributed by atoms with van der Waals surface area (Å²) in [4.78, 5) is 0. The molecule has 1 aliphatic heterocycles. The number of likely N-dealkylation sites (N-methyl/N-ethyl adjacent to an activating group) is 1. The normalized spacial score (nSPS) is 11.7. The Labute approximate surface area is 173 Å². The molecule has 0 amide bonds. The lowest BCUT2D eigenvalue weighted by Gasteiger charge is -2.12. The summed E-state index contributed by atoms with van der Waals surface area (Å²) in [6.45, 7) is 2.44. The zero-order chi connectivity index (χ0) is 20.5. The zero-order valence-corrected chi connectivity index (χ0v) is 16.5. The Bertz CT molecular complexity index is 1240. The van der Waals surface area contributed by atoms with Gasteiger partial charge in [-0.3, -0.25) is 0 Å². The molecule has 148 valence electrons. The van der Waals surface area contributed by atoms with Gasteiger partial charge in [-0.2, -0.15) is 9.94 Å². The molecule has 0 saturated heterocycles. The number of nitriles is 1. The molecule has 0 atom stereocenters. The van der Waals surface area contributed by atoms with E-state index in [-0.39, 0.29) is 0 Å². The van der Waals surface area contributed by atoms with Crippen LogP contribution in [-0.2, 0) is 6.54 Å². The summed E-state index contributed by atoms with van der Waals surface area (Å²) in [5.74, 6) is 0.713. The van der Waals surface area contributed by atoms with Gasteiger partial charge in [-0.15, -0.1) is 5.10 Å². The fraction of sp³-hybridized carbons (Fsp3) is 0.182. The van der Waals surface area contributed by atoms with Crippen molar-refractivity contribution in [2.45, 2.75) is 6.54 Å². The summed E-state index contributed by atoms with van der Waals surface area (Å²) in [7, 11) is 1.94. The van der Waals surface area contributed by atoms with E-state index >= 15 is 0 Å². The average Bonchev–Trinajstić information content (AvgIpc) is 3.39. The molecule has 0 saturated carbocycles. The number of hydrogen-bond donors (Lipinski definition) is 2. The van der Waals surface area contributed by atoms with Crippen molar-refractivity contribution in [3.8, 4) is 34.4 Å². The molecule has 2 aromatic heterocycles. The molecule has 4 aromatic rings. The van der Waals surface area contributed by atoms with Crippen LogP contribution in [0.25, 0.3) is 28.3 Å². The third kappa shape index (κ3) is 3.11. The maximum atomic E-state index is 9.04. The van der Waals surface area contributed by atoms with Crippen molar-refractivity contribution in [3.05, 3.63) is 65.9 Å². The van der Waals surface area contributed by atoms with Crippen LogP contribution in [0.2, 0.25) is 0 Å². The number of hydrogen-bond acceptors (Lipinski definition) is 6. The summed E-state index contributed by atoms with van der Waals surface area (Å²) < 4.78 is 3.98. The molecule has 0 unspecified atom stereocenters. The van der Waals surface area contributed by atoms with Gasteiger partial charge in [-0.05, 0) is 65.0 Å². The predicted molar refractivity (Wildman–Crippen MR) is 114 cm³/mol. The summed E-state index contributed by atoms with van der Waals surface area (Å²) in [5.41, 5.74) is 6.92. The summed E-state index contributed by atoms with van der Waals surface area (Å²) in [6.07, 6.45) is 2.12. The molecule has 8 nitrogen and oxygen atoms in total. The number of tetrazole rings is 1. The highest BCUT2D eigenvalue weighted by molar-refractivity contribution is 5.72. The number of nitrogens with one attached hydrogen (secondary N) is 2. The Kier molecular flexibility index (Phi) is 4.50. The first kappa shape index (κ1) is 18.1. The van der Waals surface area contributed by atoms with Crippen LogP contribution < -0.4 is 10.6 Å². The molecular formula is C22H20N8. The van der Waals surface area contributed by atoms with E-state index in [1.165, 1.54) is 0 Å². The monoisotopic (exact) mass is 396 g/mol. The second-order valence-electron chi connectivity index (χ2n) is 7.22. The van der Waals surface area contributed by atoms with Crippen LogP contribution in [-0.4, -0.2) is 44.9 Å². The topological polar surface area (TPSA) is 96.4 Å². The molecule has 0 bridgehead atoms. The third-order valence-corrected chi connectivity index (χ3v) is 5.30. The van der Waals surface area contributed by atoms with Crippen molar-refractivity contribution in [2.75, 3.05) is 25.5 Å². The van der Waals surface area contributed by atoms with E-state index in [9.17, 15) is 0 Å². The number of aromatic nitrogens is 5. The molecule has 0 fully saturated rings. The lowest BCUT2D eigenvalue weighted by atomic mass is 10.1.